The number of methoxy groups -OCH3 is 2. The lowest BCUT2D eigenvalue weighted by molar-refractivity contribution is -0.123. The van der Waals surface area contributed by atoms with E-state index in [0.29, 0.717) is 29.7 Å². The van der Waals surface area contributed by atoms with Crippen LogP contribution in [-0.2, 0) is 16.1 Å². The number of carbonyl (C=O) groups is 1. The third-order valence-corrected chi connectivity index (χ3v) is 3.01. The van der Waals surface area contributed by atoms with Gasteiger partial charge in [0.05, 0.1) is 25.3 Å². The lowest BCUT2D eigenvalue weighted by Gasteiger charge is -2.14. The van der Waals surface area contributed by atoms with E-state index in [4.69, 9.17) is 31.5 Å². The normalized spacial score (nSPS) is 11.9. The zero-order chi connectivity index (χ0) is 15.8. The molecule has 0 fully saturated rings. The van der Waals surface area contributed by atoms with Crippen molar-refractivity contribution in [1.29, 1.82) is 0 Å². The summed E-state index contributed by atoms with van der Waals surface area (Å²) >= 11 is 6.16. The van der Waals surface area contributed by atoms with Crippen molar-refractivity contribution in [2.24, 2.45) is 5.73 Å². The molecular formula is C14H21ClN2O4. The van der Waals surface area contributed by atoms with Crippen LogP contribution in [0, 0.1) is 0 Å². The van der Waals surface area contributed by atoms with Crippen molar-refractivity contribution in [3.63, 3.8) is 0 Å². The topological polar surface area (TPSA) is 82.8 Å². The minimum absolute atomic E-state index is 0.166. The SMILES string of the molecule is CCOc1c(Cl)cc(CNC(=O)C(N)COC)cc1OC. The lowest BCUT2D eigenvalue weighted by Crippen LogP contribution is -2.43. The second-order valence-corrected chi connectivity index (χ2v) is 4.73. The van der Waals surface area contributed by atoms with E-state index in [-0.39, 0.29) is 12.5 Å². The molecule has 0 bridgehead atoms. The molecule has 0 spiro atoms. The summed E-state index contributed by atoms with van der Waals surface area (Å²) in [4.78, 5) is 11.7. The molecule has 21 heavy (non-hydrogen) atoms. The zero-order valence-electron chi connectivity index (χ0n) is 12.4. The first kappa shape index (κ1) is 17.6. The summed E-state index contributed by atoms with van der Waals surface area (Å²) in [6.07, 6.45) is 0. The van der Waals surface area contributed by atoms with Crippen molar-refractivity contribution in [2.75, 3.05) is 27.4 Å². The van der Waals surface area contributed by atoms with Crippen LogP contribution in [0.15, 0.2) is 12.1 Å². The van der Waals surface area contributed by atoms with E-state index in [0.717, 1.165) is 5.56 Å². The standard InChI is InChI=1S/C14H21ClN2O4/c1-4-21-13-10(15)5-9(6-12(13)20-3)7-17-14(18)11(16)8-19-2/h5-6,11H,4,7-8,16H2,1-3H3,(H,17,18). The molecule has 1 aromatic rings. The fraction of sp³-hybridized carbons (Fsp3) is 0.500. The van der Waals surface area contributed by atoms with Gasteiger partial charge in [-0.25, -0.2) is 0 Å². The quantitative estimate of drug-likeness (QED) is 0.756. The molecule has 1 rings (SSSR count). The van der Waals surface area contributed by atoms with Crippen LogP contribution in [0.2, 0.25) is 5.02 Å². The summed E-state index contributed by atoms with van der Waals surface area (Å²) in [5, 5.41) is 3.15. The summed E-state index contributed by atoms with van der Waals surface area (Å²) < 4.78 is 15.5. The second-order valence-electron chi connectivity index (χ2n) is 4.32. The van der Waals surface area contributed by atoms with Gasteiger partial charge < -0.3 is 25.3 Å². The molecule has 0 saturated carbocycles. The third-order valence-electron chi connectivity index (χ3n) is 2.73. The molecule has 0 heterocycles. The van der Waals surface area contributed by atoms with Crippen molar-refractivity contribution in [2.45, 2.75) is 19.5 Å². The number of hydrogen-bond donors (Lipinski definition) is 2. The Kier molecular flexibility index (Phi) is 7.28. The van der Waals surface area contributed by atoms with Gasteiger partial charge in [0.25, 0.3) is 0 Å². The van der Waals surface area contributed by atoms with E-state index in [1.165, 1.54) is 14.2 Å². The number of nitrogens with two attached hydrogens (primary N) is 1. The minimum atomic E-state index is -0.699. The highest BCUT2D eigenvalue weighted by Crippen LogP contribution is 2.36. The van der Waals surface area contributed by atoms with Gasteiger partial charge in [0, 0.05) is 13.7 Å². The Morgan fingerprint density at radius 3 is 2.71 bits per heavy atom. The molecule has 0 saturated heterocycles. The lowest BCUT2D eigenvalue weighted by atomic mass is 10.2. The smallest absolute Gasteiger partial charge is 0.239 e. The zero-order valence-corrected chi connectivity index (χ0v) is 13.2. The summed E-state index contributed by atoms with van der Waals surface area (Å²) in [5.41, 5.74) is 6.42. The molecule has 7 heteroatoms. The molecule has 0 radical (unpaired) electrons. The first-order valence-electron chi connectivity index (χ1n) is 6.54. The van der Waals surface area contributed by atoms with Gasteiger partial charge in [-0.1, -0.05) is 11.6 Å². The molecule has 0 aliphatic carbocycles. The van der Waals surface area contributed by atoms with Gasteiger partial charge in [0.15, 0.2) is 11.5 Å². The van der Waals surface area contributed by atoms with Gasteiger partial charge in [-0.3, -0.25) is 4.79 Å². The summed E-state index contributed by atoms with van der Waals surface area (Å²) in [6.45, 7) is 2.80. The maximum Gasteiger partial charge on any atom is 0.239 e. The van der Waals surface area contributed by atoms with Crippen molar-refractivity contribution < 1.29 is 19.0 Å². The van der Waals surface area contributed by atoms with Crippen molar-refractivity contribution in [1.82, 2.24) is 5.32 Å². The highest BCUT2D eigenvalue weighted by atomic mass is 35.5. The summed E-state index contributed by atoms with van der Waals surface area (Å²) in [6, 6.07) is 2.78. The molecule has 1 atom stereocenters. The number of ether oxygens (including phenoxy) is 3. The Bertz CT molecular complexity index is 482. The Morgan fingerprint density at radius 1 is 1.43 bits per heavy atom. The molecule has 118 valence electrons. The van der Waals surface area contributed by atoms with Crippen LogP contribution in [0.1, 0.15) is 12.5 Å². The van der Waals surface area contributed by atoms with Crippen LogP contribution in [0.4, 0.5) is 0 Å². The number of hydrogen-bond acceptors (Lipinski definition) is 5. The highest BCUT2D eigenvalue weighted by Gasteiger charge is 2.15. The predicted molar refractivity (Wildman–Crippen MR) is 80.9 cm³/mol. The van der Waals surface area contributed by atoms with Gasteiger partial charge >= 0.3 is 0 Å². The maximum atomic E-state index is 11.7. The Labute approximate surface area is 129 Å². The third kappa shape index (κ3) is 5.08. The predicted octanol–water partition coefficient (Wildman–Crippen LogP) is 1.34. The van der Waals surface area contributed by atoms with Crippen LogP contribution in [0.25, 0.3) is 0 Å². The fourth-order valence-electron chi connectivity index (χ4n) is 1.74. The molecule has 0 aliphatic rings. The fourth-order valence-corrected chi connectivity index (χ4v) is 2.02. The van der Waals surface area contributed by atoms with Crippen LogP contribution in [-0.4, -0.2) is 39.4 Å². The van der Waals surface area contributed by atoms with Gasteiger partial charge in [-0.2, -0.15) is 0 Å². The highest BCUT2D eigenvalue weighted by molar-refractivity contribution is 6.32. The molecule has 1 amide bonds. The van der Waals surface area contributed by atoms with E-state index in [1.807, 2.05) is 6.92 Å². The maximum absolute atomic E-state index is 11.7. The first-order valence-corrected chi connectivity index (χ1v) is 6.92. The Balaban J connectivity index is 2.76. The van der Waals surface area contributed by atoms with Gasteiger partial charge in [0.1, 0.15) is 6.04 Å². The molecule has 1 unspecified atom stereocenters. The van der Waals surface area contributed by atoms with E-state index in [1.54, 1.807) is 12.1 Å². The van der Waals surface area contributed by atoms with E-state index >= 15 is 0 Å². The summed E-state index contributed by atoms with van der Waals surface area (Å²) in [7, 11) is 3.02. The number of nitrogens with one attached hydrogen (secondary N) is 1. The monoisotopic (exact) mass is 316 g/mol. The summed E-state index contributed by atoms with van der Waals surface area (Å²) in [5.74, 6) is 0.725. The van der Waals surface area contributed by atoms with Crippen LogP contribution in [0.3, 0.4) is 0 Å². The van der Waals surface area contributed by atoms with E-state index in [2.05, 4.69) is 5.32 Å². The van der Waals surface area contributed by atoms with Crippen LogP contribution in [0.5, 0.6) is 11.5 Å². The van der Waals surface area contributed by atoms with Crippen molar-refractivity contribution in [3.05, 3.63) is 22.7 Å². The number of halogens is 1. The molecule has 3 N–H and O–H groups in total. The molecule has 0 aliphatic heterocycles. The van der Waals surface area contributed by atoms with Crippen LogP contribution < -0.4 is 20.5 Å². The Hall–Kier alpha value is -1.50. The average molecular weight is 317 g/mol. The van der Waals surface area contributed by atoms with Gasteiger partial charge in [0.2, 0.25) is 5.91 Å². The number of amides is 1. The van der Waals surface area contributed by atoms with Crippen molar-refractivity contribution in [3.8, 4) is 11.5 Å². The molecule has 0 aromatic heterocycles. The number of rotatable bonds is 8. The molecule has 1 aromatic carbocycles. The number of benzene rings is 1. The first-order chi connectivity index (χ1) is 10.0. The minimum Gasteiger partial charge on any atom is -0.493 e. The second kappa shape index (κ2) is 8.71. The average Bonchev–Trinajstić information content (AvgIpc) is 2.47. The van der Waals surface area contributed by atoms with Crippen molar-refractivity contribution >= 4 is 17.5 Å². The van der Waals surface area contributed by atoms with Gasteiger partial charge in [-0.05, 0) is 24.6 Å². The molecular weight excluding hydrogens is 296 g/mol. The largest absolute Gasteiger partial charge is 0.493 e. The van der Waals surface area contributed by atoms with Gasteiger partial charge in [-0.15, -0.1) is 0 Å². The van der Waals surface area contributed by atoms with E-state index in [9.17, 15) is 4.79 Å². The molecule has 6 nitrogen and oxygen atoms in total. The van der Waals surface area contributed by atoms with Crippen LogP contribution >= 0.6 is 11.6 Å². The van der Waals surface area contributed by atoms with E-state index < -0.39 is 6.04 Å². The number of carbonyl (C=O) groups excluding carboxylic acids is 1. The Morgan fingerprint density at radius 2 is 2.14 bits per heavy atom.